The highest BCUT2D eigenvalue weighted by atomic mass is 19.4. The Kier molecular flexibility index (Phi) is 7.68. The van der Waals surface area contributed by atoms with Crippen LogP contribution in [0.2, 0.25) is 0 Å². The first-order valence-corrected chi connectivity index (χ1v) is 14.2. The lowest BCUT2D eigenvalue weighted by atomic mass is 9.80. The summed E-state index contributed by atoms with van der Waals surface area (Å²) < 4.78 is 78.5. The number of hydrogen-bond acceptors (Lipinski definition) is 4. The first kappa shape index (κ1) is 28.0. The van der Waals surface area contributed by atoms with Crippen LogP contribution < -0.4 is 15.0 Å². The normalized spacial score (nSPS) is 23.1. The van der Waals surface area contributed by atoms with E-state index in [2.05, 4.69) is 5.32 Å². The number of fused-ring (bicyclic) bond motifs is 1. The Bertz CT molecular complexity index is 1350. The molecule has 2 saturated heterocycles. The molecule has 3 aromatic carbocycles. The third-order valence-electron chi connectivity index (χ3n) is 8.77. The second kappa shape index (κ2) is 11.2. The molecule has 3 heterocycles. The van der Waals surface area contributed by atoms with Gasteiger partial charge in [-0.2, -0.15) is 13.2 Å². The summed E-state index contributed by atoms with van der Waals surface area (Å²) >= 11 is 0. The van der Waals surface area contributed by atoms with Crippen molar-refractivity contribution < 1.29 is 26.7 Å². The standard InChI is InChI=1S/C32H34F5N3O/c33-27-16-24(39-14-11-31(20-39)10-4-12-38-19-31)17-28(34)29(27)30-26-8-7-25(41-18-22-5-2-1-3-6-22)15-23(26)9-13-40(30)21-32(35,36)37/h1-3,5-8,15-17,30,38H,4,9-14,18-21H2. The zero-order chi connectivity index (χ0) is 28.6. The van der Waals surface area contributed by atoms with Gasteiger partial charge < -0.3 is 15.0 Å². The van der Waals surface area contributed by atoms with Crippen LogP contribution in [0.15, 0.2) is 60.7 Å². The minimum absolute atomic E-state index is 0.0155. The molecule has 0 aliphatic carbocycles. The van der Waals surface area contributed by atoms with Gasteiger partial charge in [0.15, 0.2) is 0 Å². The van der Waals surface area contributed by atoms with E-state index in [-0.39, 0.29) is 17.5 Å². The third-order valence-corrected chi connectivity index (χ3v) is 8.77. The SMILES string of the molecule is Fc1cc(N2CCC3(CCCNC3)C2)cc(F)c1C1c2ccc(OCc3ccccc3)cc2CCN1CC(F)(F)F. The summed E-state index contributed by atoms with van der Waals surface area (Å²) in [6.45, 7) is 2.36. The lowest BCUT2D eigenvalue weighted by Gasteiger charge is -2.38. The van der Waals surface area contributed by atoms with Crippen molar-refractivity contribution in [1.29, 1.82) is 0 Å². The van der Waals surface area contributed by atoms with Gasteiger partial charge in [-0.05, 0) is 73.2 Å². The summed E-state index contributed by atoms with van der Waals surface area (Å²) in [6.07, 6.45) is -1.11. The monoisotopic (exact) mass is 571 g/mol. The van der Waals surface area contributed by atoms with E-state index < -0.39 is 30.4 Å². The Balaban J connectivity index is 1.30. The Labute approximate surface area is 237 Å². The van der Waals surface area contributed by atoms with Gasteiger partial charge in [-0.1, -0.05) is 36.4 Å². The smallest absolute Gasteiger partial charge is 0.401 e. The molecule has 218 valence electrons. The fraction of sp³-hybridized carbons (Fsp3) is 0.438. The highest BCUT2D eigenvalue weighted by Gasteiger charge is 2.42. The predicted octanol–water partition coefficient (Wildman–Crippen LogP) is 6.63. The number of nitrogens with one attached hydrogen (secondary N) is 1. The summed E-state index contributed by atoms with van der Waals surface area (Å²) in [4.78, 5) is 3.13. The van der Waals surface area contributed by atoms with Gasteiger partial charge in [0, 0.05) is 42.8 Å². The molecular formula is C32H34F5N3O. The predicted molar refractivity (Wildman–Crippen MR) is 148 cm³/mol. The van der Waals surface area contributed by atoms with Crippen LogP contribution in [-0.4, -0.2) is 50.3 Å². The molecule has 2 unspecified atom stereocenters. The summed E-state index contributed by atoms with van der Waals surface area (Å²) in [6, 6.07) is 16.1. The van der Waals surface area contributed by atoms with Crippen molar-refractivity contribution in [3.05, 3.63) is 94.6 Å². The fourth-order valence-corrected chi connectivity index (χ4v) is 6.77. The molecule has 0 amide bonds. The minimum atomic E-state index is -4.51. The number of anilines is 1. The van der Waals surface area contributed by atoms with Gasteiger partial charge >= 0.3 is 6.18 Å². The van der Waals surface area contributed by atoms with Crippen molar-refractivity contribution in [2.45, 2.75) is 44.5 Å². The highest BCUT2D eigenvalue weighted by Crippen LogP contribution is 2.43. The summed E-state index contributed by atoms with van der Waals surface area (Å²) in [5.74, 6) is -1.08. The van der Waals surface area contributed by atoms with E-state index in [1.165, 1.54) is 12.1 Å². The topological polar surface area (TPSA) is 27.7 Å². The minimum Gasteiger partial charge on any atom is -0.489 e. The van der Waals surface area contributed by atoms with E-state index in [0.717, 1.165) is 48.4 Å². The van der Waals surface area contributed by atoms with Crippen LogP contribution in [0.4, 0.5) is 27.6 Å². The molecule has 2 atom stereocenters. The van der Waals surface area contributed by atoms with Gasteiger partial charge in [-0.25, -0.2) is 8.78 Å². The molecule has 0 bridgehead atoms. The van der Waals surface area contributed by atoms with Gasteiger partial charge in [0.25, 0.3) is 0 Å². The van der Waals surface area contributed by atoms with E-state index in [0.29, 0.717) is 43.1 Å². The molecule has 3 aliphatic rings. The number of hydrogen-bond donors (Lipinski definition) is 1. The maximum Gasteiger partial charge on any atom is 0.401 e. The lowest BCUT2D eigenvalue weighted by molar-refractivity contribution is -0.150. The maximum atomic E-state index is 15.9. The van der Waals surface area contributed by atoms with Crippen LogP contribution in [0.25, 0.3) is 0 Å². The third kappa shape index (κ3) is 6.06. The first-order chi connectivity index (χ1) is 19.7. The van der Waals surface area contributed by atoms with Crippen molar-refractivity contribution in [2.24, 2.45) is 5.41 Å². The van der Waals surface area contributed by atoms with Crippen molar-refractivity contribution in [3.63, 3.8) is 0 Å². The molecule has 3 aromatic rings. The molecule has 6 rings (SSSR count). The van der Waals surface area contributed by atoms with Gasteiger partial charge in [0.1, 0.15) is 24.0 Å². The average molecular weight is 572 g/mol. The van der Waals surface area contributed by atoms with Crippen molar-refractivity contribution in [1.82, 2.24) is 10.2 Å². The number of halogens is 5. The molecule has 0 radical (unpaired) electrons. The number of ether oxygens (including phenoxy) is 1. The summed E-state index contributed by atoms with van der Waals surface area (Å²) in [5, 5.41) is 3.44. The Hall–Kier alpha value is -3.17. The zero-order valence-electron chi connectivity index (χ0n) is 22.8. The number of nitrogens with zero attached hydrogens (tertiary/aromatic N) is 2. The van der Waals surface area contributed by atoms with E-state index in [1.807, 2.05) is 35.2 Å². The second-order valence-corrected chi connectivity index (χ2v) is 11.6. The van der Waals surface area contributed by atoms with Crippen LogP contribution in [0, 0.1) is 17.0 Å². The first-order valence-electron chi connectivity index (χ1n) is 14.2. The molecule has 41 heavy (non-hydrogen) atoms. The van der Waals surface area contributed by atoms with Crippen LogP contribution in [0.3, 0.4) is 0 Å². The zero-order valence-corrected chi connectivity index (χ0v) is 22.8. The molecule has 9 heteroatoms. The van der Waals surface area contributed by atoms with Crippen LogP contribution in [0.5, 0.6) is 5.75 Å². The van der Waals surface area contributed by atoms with Crippen molar-refractivity contribution in [3.8, 4) is 5.75 Å². The maximum absolute atomic E-state index is 15.9. The van der Waals surface area contributed by atoms with E-state index in [9.17, 15) is 13.2 Å². The van der Waals surface area contributed by atoms with Gasteiger partial charge in [0.2, 0.25) is 0 Å². The summed E-state index contributed by atoms with van der Waals surface area (Å²) in [7, 11) is 0. The van der Waals surface area contributed by atoms with Crippen molar-refractivity contribution >= 4 is 5.69 Å². The lowest BCUT2D eigenvalue weighted by Crippen LogP contribution is -2.42. The van der Waals surface area contributed by atoms with Gasteiger partial charge in [0.05, 0.1) is 12.6 Å². The molecule has 0 saturated carbocycles. The van der Waals surface area contributed by atoms with Crippen LogP contribution in [0.1, 0.15) is 47.6 Å². The molecular weight excluding hydrogens is 537 g/mol. The number of benzene rings is 3. The Morgan fingerprint density at radius 1 is 0.951 bits per heavy atom. The molecule has 1 spiro atoms. The molecule has 4 nitrogen and oxygen atoms in total. The molecule has 0 aromatic heterocycles. The van der Waals surface area contributed by atoms with Crippen molar-refractivity contribution in [2.75, 3.05) is 44.2 Å². The Morgan fingerprint density at radius 3 is 2.44 bits per heavy atom. The fourth-order valence-electron chi connectivity index (χ4n) is 6.77. The van der Waals surface area contributed by atoms with E-state index in [1.54, 1.807) is 18.2 Å². The van der Waals surface area contributed by atoms with Crippen LogP contribution in [-0.2, 0) is 13.0 Å². The number of rotatable bonds is 6. The quantitative estimate of drug-likeness (QED) is 0.336. The number of alkyl halides is 3. The molecule has 3 aliphatic heterocycles. The highest BCUT2D eigenvalue weighted by molar-refractivity contribution is 5.53. The number of piperidine rings is 1. The van der Waals surface area contributed by atoms with E-state index >= 15 is 8.78 Å². The van der Waals surface area contributed by atoms with E-state index in [4.69, 9.17) is 4.74 Å². The largest absolute Gasteiger partial charge is 0.489 e. The van der Waals surface area contributed by atoms with Crippen LogP contribution >= 0.6 is 0 Å². The average Bonchev–Trinajstić information content (AvgIpc) is 3.35. The molecule has 2 fully saturated rings. The summed E-state index contributed by atoms with van der Waals surface area (Å²) in [5.41, 5.74) is 2.36. The Morgan fingerprint density at radius 2 is 1.73 bits per heavy atom. The second-order valence-electron chi connectivity index (χ2n) is 11.6. The van der Waals surface area contributed by atoms with Gasteiger partial charge in [-0.3, -0.25) is 4.90 Å². The molecule has 1 N–H and O–H groups in total. The van der Waals surface area contributed by atoms with Gasteiger partial charge in [-0.15, -0.1) is 0 Å².